The molecule has 0 aliphatic carbocycles. The Bertz CT molecular complexity index is 830. The molecule has 21 heavy (non-hydrogen) atoms. The first kappa shape index (κ1) is 15.0. The van der Waals surface area contributed by atoms with Crippen LogP contribution in [0.25, 0.3) is 21.8 Å². The first-order valence-corrected chi connectivity index (χ1v) is 6.93. The van der Waals surface area contributed by atoms with Gasteiger partial charge in [0.05, 0.1) is 0 Å². The molecule has 0 aliphatic rings. The van der Waals surface area contributed by atoms with Gasteiger partial charge in [-0.15, -0.1) is 0 Å². The average molecular weight is 297 g/mol. The second-order valence-electron chi connectivity index (χ2n) is 5.11. The quantitative estimate of drug-likeness (QED) is 0.499. The number of fused-ring (bicyclic) bond motifs is 3. The molecule has 0 aliphatic heterocycles. The summed E-state index contributed by atoms with van der Waals surface area (Å²) in [5.41, 5.74) is 3.94. The normalized spacial score (nSPS) is 10.7. The van der Waals surface area contributed by atoms with Gasteiger partial charge in [-0.25, -0.2) is 0 Å². The summed E-state index contributed by atoms with van der Waals surface area (Å²) in [6, 6.07) is 27.9. The third-order valence-electron chi connectivity index (χ3n) is 3.86. The second-order valence-corrected chi connectivity index (χ2v) is 5.11. The van der Waals surface area contributed by atoms with E-state index in [2.05, 4.69) is 83.4 Å². The van der Waals surface area contributed by atoms with Gasteiger partial charge in [0.2, 0.25) is 0 Å². The van der Waals surface area contributed by atoms with Gasteiger partial charge in [-0.1, -0.05) is 66.7 Å². The number of hydrogen-bond acceptors (Lipinski definition) is 0. The minimum Gasteiger partial charge on any atom is -1.00 e. The molecule has 0 spiro atoms. The van der Waals surface area contributed by atoms with E-state index in [0.29, 0.717) is 0 Å². The van der Waals surface area contributed by atoms with Crippen molar-refractivity contribution in [3.05, 3.63) is 84.4 Å². The molecule has 0 radical (unpaired) electrons. The zero-order chi connectivity index (χ0) is 13.4. The Kier molecular flexibility index (Phi) is 4.62. The Morgan fingerprint density at radius 2 is 1.10 bits per heavy atom. The summed E-state index contributed by atoms with van der Waals surface area (Å²) in [7, 11) is 0. The minimum atomic E-state index is 0. The maximum absolute atomic E-state index is 2.40. The van der Waals surface area contributed by atoms with Crippen LogP contribution in [0, 0.1) is 0 Å². The van der Waals surface area contributed by atoms with Crippen LogP contribution in [0.15, 0.2) is 78.9 Å². The van der Waals surface area contributed by atoms with E-state index >= 15 is 0 Å². The fourth-order valence-corrected chi connectivity index (χ4v) is 2.94. The van der Waals surface area contributed by atoms with Crippen molar-refractivity contribution in [3.8, 4) is 0 Å². The van der Waals surface area contributed by atoms with Gasteiger partial charge < -0.3 is 5.99 Å². The number of para-hydroxylation sites is 2. The van der Waals surface area contributed by atoms with Crippen LogP contribution in [0.4, 0.5) is 0 Å². The van der Waals surface area contributed by atoms with Crippen molar-refractivity contribution in [2.24, 2.45) is 0 Å². The van der Waals surface area contributed by atoms with E-state index in [0.717, 1.165) is 6.54 Å². The standard InChI is InChI=1S/C19H15N.K.H/c1-2-8-15(9-3-1)14-20-18-12-6-4-10-16(18)17-11-5-7-13-19(17)20;;/h1-13H,14H2;;/q;+1;-1. The van der Waals surface area contributed by atoms with Gasteiger partial charge >= 0.3 is 51.4 Å². The fraction of sp³-hybridized carbons (Fsp3) is 0.0526. The summed E-state index contributed by atoms with van der Waals surface area (Å²) in [5.74, 6) is 0. The van der Waals surface area contributed by atoms with E-state index in [1.54, 1.807) is 0 Å². The Balaban J connectivity index is 0.000000882. The molecule has 0 N–H and O–H groups in total. The van der Waals surface area contributed by atoms with Crippen LogP contribution >= 0.6 is 0 Å². The molecule has 4 rings (SSSR count). The fourth-order valence-electron chi connectivity index (χ4n) is 2.94. The van der Waals surface area contributed by atoms with Gasteiger partial charge in [0.25, 0.3) is 0 Å². The van der Waals surface area contributed by atoms with Gasteiger partial charge in [-0.3, -0.25) is 0 Å². The van der Waals surface area contributed by atoms with E-state index < -0.39 is 0 Å². The van der Waals surface area contributed by atoms with Crippen LogP contribution in [0.2, 0.25) is 0 Å². The smallest absolute Gasteiger partial charge is 1.00 e. The molecule has 0 unspecified atom stereocenters. The third kappa shape index (κ3) is 2.74. The topological polar surface area (TPSA) is 4.93 Å². The maximum Gasteiger partial charge on any atom is 1.00 e. The average Bonchev–Trinajstić information content (AvgIpc) is 2.84. The molecule has 0 amide bonds. The van der Waals surface area contributed by atoms with E-state index in [4.69, 9.17) is 0 Å². The van der Waals surface area contributed by atoms with Gasteiger partial charge in [0, 0.05) is 28.4 Å². The molecule has 0 fully saturated rings. The van der Waals surface area contributed by atoms with Crippen LogP contribution in [0.3, 0.4) is 0 Å². The summed E-state index contributed by atoms with van der Waals surface area (Å²) in [6.07, 6.45) is 0. The molecule has 3 aromatic carbocycles. The summed E-state index contributed by atoms with van der Waals surface area (Å²) in [6.45, 7) is 0.912. The van der Waals surface area contributed by atoms with Crippen molar-refractivity contribution in [1.82, 2.24) is 4.57 Å². The molecule has 0 saturated carbocycles. The Hall–Kier alpha value is -0.904. The van der Waals surface area contributed by atoms with E-state index in [9.17, 15) is 0 Å². The molecule has 1 nitrogen and oxygen atoms in total. The molecule has 0 saturated heterocycles. The molecule has 0 bridgehead atoms. The third-order valence-corrected chi connectivity index (χ3v) is 3.86. The van der Waals surface area contributed by atoms with Gasteiger partial charge in [-0.2, -0.15) is 0 Å². The number of rotatable bonds is 2. The maximum atomic E-state index is 2.40. The summed E-state index contributed by atoms with van der Waals surface area (Å²) >= 11 is 0. The van der Waals surface area contributed by atoms with E-state index in [1.807, 2.05) is 0 Å². The van der Waals surface area contributed by atoms with Crippen molar-refractivity contribution in [2.75, 3.05) is 0 Å². The number of hydrogen-bond donors (Lipinski definition) is 0. The zero-order valence-electron chi connectivity index (χ0n) is 13.2. The second kappa shape index (κ2) is 6.47. The van der Waals surface area contributed by atoms with E-state index in [1.165, 1.54) is 27.4 Å². The van der Waals surface area contributed by atoms with Crippen LogP contribution in [0.1, 0.15) is 6.99 Å². The van der Waals surface area contributed by atoms with Crippen molar-refractivity contribution >= 4 is 21.8 Å². The van der Waals surface area contributed by atoms with Crippen molar-refractivity contribution in [3.63, 3.8) is 0 Å². The summed E-state index contributed by atoms with van der Waals surface area (Å²) in [4.78, 5) is 0. The van der Waals surface area contributed by atoms with Gasteiger partial charge in [0.1, 0.15) is 0 Å². The Labute approximate surface area is 168 Å². The molecule has 98 valence electrons. The van der Waals surface area contributed by atoms with Crippen molar-refractivity contribution in [2.45, 2.75) is 6.54 Å². The number of benzene rings is 3. The predicted octanol–water partition coefficient (Wildman–Crippen LogP) is 1.96. The summed E-state index contributed by atoms with van der Waals surface area (Å²) < 4.78 is 2.40. The predicted molar refractivity (Wildman–Crippen MR) is 86.1 cm³/mol. The van der Waals surface area contributed by atoms with Crippen molar-refractivity contribution in [1.29, 1.82) is 0 Å². The van der Waals surface area contributed by atoms with Crippen LogP contribution in [-0.4, -0.2) is 4.57 Å². The largest absolute Gasteiger partial charge is 1.00 e. The first-order chi connectivity index (χ1) is 9.93. The SMILES string of the molecule is [H-].[K+].c1ccc(Cn2c3ccccc3c3ccccc32)cc1. The minimum absolute atomic E-state index is 0. The molecule has 1 heterocycles. The molecule has 4 aromatic rings. The van der Waals surface area contributed by atoms with Gasteiger partial charge in [-0.05, 0) is 17.7 Å². The van der Waals surface area contributed by atoms with Crippen LogP contribution < -0.4 is 51.4 Å². The number of nitrogens with zero attached hydrogens (tertiary/aromatic N) is 1. The summed E-state index contributed by atoms with van der Waals surface area (Å²) in [5, 5.41) is 2.66. The van der Waals surface area contributed by atoms with Crippen LogP contribution in [0.5, 0.6) is 0 Å². The molecule has 2 heteroatoms. The van der Waals surface area contributed by atoms with Crippen molar-refractivity contribution < 1.29 is 52.8 Å². The Morgan fingerprint density at radius 3 is 1.67 bits per heavy atom. The zero-order valence-corrected chi connectivity index (χ0v) is 15.3. The first-order valence-electron chi connectivity index (χ1n) is 6.93. The molecule has 1 aromatic heterocycles. The Morgan fingerprint density at radius 1 is 0.619 bits per heavy atom. The van der Waals surface area contributed by atoms with Crippen LogP contribution in [-0.2, 0) is 6.54 Å². The molecular weight excluding hydrogens is 281 g/mol. The molecule has 0 atom stereocenters. The monoisotopic (exact) mass is 297 g/mol. The van der Waals surface area contributed by atoms with E-state index in [-0.39, 0.29) is 52.8 Å². The van der Waals surface area contributed by atoms with Gasteiger partial charge in [0.15, 0.2) is 0 Å². The molecular formula is C19H16KN. The number of aromatic nitrogens is 1.